The van der Waals surface area contributed by atoms with Crippen molar-refractivity contribution in [2.24, 2.45) is 13.0 Å². The molecule has 0 spiro atoms. The highest BCUT2D eigenvalue weighted by atomic mass is 19.3. The number of halogens is 2. The van der Waals surface area contributed by atoms with E-state index in [-0.39, 0.29) is 22.9 Å². The van der Waals surface area contributed by atoms with Crippen LogP contribution in [0.3, 0.4) is 0 Å². The average molecular weight is 480 g/mol. The van der Waals surface area contributed by atoms with Gasteiger partial charge in [0, 0.05) is 38.1 Å². The number of hydrogen-bond acceptors (Lipinski definition) is 7. The van der Waals surface area contributed by atoms with E-state index < -0.39 is 36.7 Å². The third-order valence-electron chi connectivity index (χ3n) is 6.41. The minimum absolute atomic E-state index is 0.0732. The van der Waals surface area contributed by atoms with Crippen molar-refractivity contribution < 1.29 is 32.6 Å². The normalized spacial score (nSPS) is 27.5. The van der Waals surface area contributed by atoms with Crippen molar-refractivity contribution in [1.29, 1.82) is 0 Å². The highest BCUT2D eigenvalue weighted by molar-refractivity contribution is 6.02. The first-order chi connectivity index (χ1) is 16.1. The van der Waals surface area contributed by atoms with Crippen molar-refractivity contribution in [1.82, 2.24) is 25.3 Å². The molecule has 0 unspecified atom stereocenters. The number of alkyl carbamates (subject to hydrolysis) is 1. The number of aryl methyl sites for hydroxylation is 1. The lowest BCUT2D eigenvalue weighted by molar-refractivity contribution is -0.0546. The maximum Gasteiger partial charge on any atom is 0.407 e. The molecule has 3 saturated carbocycles. The molecule has 6 rings (SSSR count). The molecule has 0 radical (unpaired) electrons. The fraction of sp³-hybridized carbons (Fsp3) is 0.619. The summed E-state index contributed by atoms with van der Waals surface area (Å²) in [6.45, 7) is 0.300. The molecule has 3 heterocycles. The summed E-state index contributed by atoms with van der Waals surface area (Å²) in [5, 5.41) is 16.4. The Balaban J connectivity index is 1.18. The molecular formula is C21H26F2N6O5. The highest BCUT2D eigenvalue weighted by Crippen LogP contribution is 2.57. The molecular weight excluding hydrogens is 454 g/mol. The molecule has 2 bridgehead atoms. The van der Waals surface area contributed by atoms with Gasteiger partial charge in [0.05, 0.1) is 12.3 Å². The number of alkyl halides is 2. The van der Waals surface area contributed by atoms with Crippen molar-refractivity contribution >= 4 is 17.8 Å². The largest absolute Gasteiger partial charge is 0.470 e. The molecule has 4 aliphatic rings. The monoisotopic (exact) mass is 480 g/mol. The average Bonchev–Trinajstić information content (AvgIpc) is 3.41. The van der Waals surface area contributed by atoms with E-state index in [0.29, 0.717) is 18.7 Å². The zero-order chi connectivity index (χ0) is 24.1. The molecule has 4 fully saturated rings. The first-order valence-corrected chi connectivity index (χ1v) is 11.1. The van der Waals surface area contributed by atoms with Gasteiger partial charge in [-0.2, -0.15) is 5.10 Å². The van der Waals surface area contributed by atoms with Crippen LogP contribution >= 0.6 is 0 Å². The lowest BCUT2D eigenvalue weighted by atomic mass is 9.50. The number of nitrogens with one attached hydrogen (secondary N) is 3. The van der Waals surface area contributed by atoms with Gasteiger partial charge < -0.3 is 24.8 Å². The van der Waals surface area contributed by atoms with Crippen LogP contribution < -0.4 is 15.4 Å². The zero-order valence-electron chi connectivity index (χ0n) is 18.8. The number of nitrogens with zero attached hydrogens (tertiary/aromatic N) is 3. The molecule has 3 aliphatic carbocycles. The summed E-state index contributed by atoms with van der Waals surface area (Å²) in [5.41, 5.74) is 0.578. The van der Waals surface area contributed by atoms with E-state index in [1.54, 1.807) is 6.07 Å². The number of carbonyl (C=O) groups excluding carboxylic acids is 2. The molecule has 184 valence electrons. The standard InChI is InChI=1S/C21H26F2N6O5/c1-20(22,23)10-33-16-6-13(29(2)28-16)18(30)24-15-5-12(26-27-15)17-14(3-4-32-17)34-19(31)25-21-7-11(8-21)9-21/h5-6,11,14,17H,3-4,7-10H2,1-2H3,(H,25,31)(H2,24,26,27,30)/t11?,14-,17+,21?/m1/s1. The summed E-state index contributed by atoms with van der Waals surface area (Å²) in [6.07, 6.45) is 2.14. The number of amides is 2. The SMILES string of the molecule is Cn1nc(OCC(C)(F)F)cc1C(=O)Nc1cc([C@@H]2OCC[C@H]2OC(=O)NC23CC(C2)C3)[nH]n1. The van der Waals surface area contributed by atoms with E-state index in [1.165, 1.54) is 17.8 Å². The Morgan fingerprint density at radius 3 is 2.79 bits per heavy atom. The molecule has 1 aliphatic heterocycles. The number of aromatic amines is 1. The first kappa shape index (κ1) is 22.6. The van der Waals surface area contributed by atoms with Crippen molar-refractivity contribution in [3.8, 4) is 5.88 Å². The fourth-order valence-corrected chi connectivity index (χ4v) is 4.65. The van der Waals surface area contributed by atoms with Gasteiger partial charge in [0.2, 0.25) is 5.88 Å². The molecule has 34 heavy (non-hydrogen) atoms. The second-order valence-corrected chi connectivity index (χ2v) is 9.42. The van der Waals surface area contributed by atoms with Crippen molar-refractivity contribution in [2.75, 3.05) is 18.5 Å². The molecule has 11 nitrogen and oxygen atoms in total. The van der Waals surface area contributed by atoms with Gasteiger partial charge in [-0.25, -0.2) is 13.6 Å². The number of rotatable bonds is 8. The van der Waals surface area contributed by atoms with Gasteiger partial charge in [-0.05, 0) is 25.2 Å². The van der Waals surface area contributed by atoms with Crippen LogP contribution in [-0.4, -0.2) is 62.8 Å². The van der Waals surface area contributed by atoms with E-state index in [2.05, 4.69) is 25.9 Å². The van der Waals surface area contributed by atoms with E-state index in [4.69, 9.17) is 14.2 Å². The third kappa shape index (κ3) is 4.56. The van der Waals surface area contributed by atoms with E-state index in [1.807, 2.05) is 0 Å². The lowest BCUT2D eigenvalue weighted by Crippen LogP contribution is -2.68. The van der Waals surface area contributed by atoms with Crippen molar-refractivity contribution in [2.45, 2.75) is 56.3 Å². The number of aromatic nitrogens is 4. The summed E-state index contributed by atoms with van der Waals surface area (Å²) in [4.78, 5) is 24.9. The lowest BCUT2D eigenvalue weighted by Gasteiger charge is -2.61. The molecule has 2 atom stereocenters. The Morgan fingerprint density at radius 2 is 2.12 bits per heavy atom. The highest BCUT2D eigenvalue weighted by Gasteiger charge is 2.57. The Bertz CT molecular complexity index is 1080. The topological polar surface area (TPSA) is 132 Å². The molecule has 2 aromatic rings. The van der Waals surface area contributed by atoms with Crippen LogP contribution in [0.25, 0.3) is 0 Å². The molecule has 2 amide bonds. The van der Waals surface area contributed by atoms with Crippen LogP contribution in [-0.2, 0) is 16.5 Å². The van der Waals surface area contributed by atoms with Crippen molar-refractivity contribution in [3.05, 3.63) is 23.5 Å². The summed E-state index contributed by atoms with van der Waals surface area (Å²) in [7, 11) is 1.49. The Hall–Kier alpha value is -3.22. The predicted molar refractivity (Wildman–Crippen MR) is 113 cm³/mol. The number of ether oxygens (including phenoxy) is 3. The number of H-pyrrole nitrogens is 1. The summed E-state index contributed by atoms with van der Waals surface area (Å²) in [6, 6.07) is 2.86. The van der Waals surface area contributed by atoms with Gasteiger partial charge in [-0.3, -0.25) is 14.6 Å². The van der Waals surface area contributed by atoms with Crippen LogP contribution in [0.5, 0.6) is 5.88 Å². The van der Waals surface area contributed by atoms with Gasteiger partial charge in [0.25, 0.3) is 11.8 Å². The third-order valence-corrected chi connectivity index (χ3v) is 6.41. The van der Waals surface area contributed by atoms with Gasteiger partial charge in [-0.1, -0.05) is 0 Å². The summed E-state index contributed by atoms with van der Waals surface area (Å²) < 4.78 is 43.5. The molecule has 1 saturated heterocycles. The zero-order valence-corrected chi connectivity index (χ0v) is 18.8. The quantitative estimate of drug-likeness (QED) is 0.529. The van der Waals surface area contributed by atoms with Crippen LogP contribution in [0.1, 0.15) is 54.9 Å². The van der Waals surface area contributed by atoms with Crippen LogP contribution in [0, 0.1) is 5.92 Å². The Kier molecular flexibility index (Phi) is 5.46. The van der Waals surface area contributed by atoms with E-state index in [9.17, 15) is 18.4 Å². The van der Waals surface area contributed by atoms with Crippen LogP contribution in [0.2, 0.25) is 0 Å². The maximum absolute atomic E-state index is 13.0. The van der Waals surface area contributed by atoms with Gasteiger partial charge in [0.1, 0.15) is 17.9 Å². The Labute approximate surface area is 193 Å². The minimum Gasteiger partial charge on any atom is -0.470 e. The first-order valence-electron chi connectivity index (χ1n) is 11.1. The fourth-order valence-electron chi connectivity index (χ4n) is 4.65. The number of anilines is 1. The maximum atomic E-state index is 13.0. The minimum atomic E-state index is -3.02. The summed E-state index contributed by atoms with van der Waals surface area (Å²) in [5.74, 6) is -2.70. The molecule has 2 aromatic heterocycles. The van der Waals surface area contributed by atoms with E-state index >= 15 is 0 Å². The van der Waals surface area contributed by atoms with Gasteiger partial charge in [-0.15, -0.1) is 5.10 Å². The summed E-state index contributed by atoms with van der Waals surface area (Å²) >= 11 is 0. The second kappa shape index (κ2) is 8.22. The Morgan fingerprint density at radius 1 is 1.35 bits per heavy atom. The molecule has 13 heteroatoms. The number of carbonyl (C=O) groups is 2. The van der Waals surface area contributed by atoms with Gasteiger partial charge in [0.15, 0.2) is 12.4 Å². The molecule has 3 N–H and O–H groups in total. The smallest absolute Gasteiger partial charge is 0.407 e. The number of hydrogen-bond donors (Lipinski definition) is 3. The van der Waals surface area contributed by atoms with Crippen LogP contribution in [0.4, 0.5) is 19.4 Å². The van der Waals surface area contributed by atoms with Gasteiger partial charge >= 0.3 is 6.09 Å². The van der Waals surface area contributed by atoms with E-state index in [0.717, 1.165) is 32.1 Å². The second-order valence-electron chi connectivity index (χ2n) is 9.42. The predicted octanol–water partition coefficient (Wildman–Crippen LogP) is 2.54. The molecule has 0 aromatic carbocycles. The van der Waals surface area contributed by atoms with Crippen LogP contribution in [0.15, 0.2) is 12.1 Å². The van der Waals surface area contributed by atoms with Crippen molar-refractivity contribution in [3.63, 3.8) is 0 Å².